The number of pyridine rings is 1. The third-order valence-corrected chi connectivity index (χ3v) is 5.07. The van der Waals surface area contributed by atoms with Gasteiger partial charge in [-0.3, -0.25) is 9.69 Å². The lowest BCUT2D eigenvalue weighted by molar-refractivity contribution is 0.0650. The highest BCUT2D eigenvalue weighted by molar-refractivity contribution is 5.94. The SMILES string of the molecule is O=C(c1ccc(NC2CC2)nc1)N1CCN(C/C=C/c2ccccc2)CC1. The summed E-state index contributed by atoms with van der Waals surface area (Å²) >= 11 is 0. The van der Waals surface area contributed by atoms with Crippen molar-refractivity contribution in [3.63, 3.8) is 0 Å². The number of carbonyl (C=O) groups is 1. The largest absolute Gasteiger partial charge is 0.367 e. The number of anilines is 1. The first-order valence-electron chi connectivity index (χ1n) is 9.74. The molecule has 0 unspecified atom stereocenters. The lowest BCUT2D eigenvalue weighted by atomic mass is 10.2. The van der Waals surface area contributed by atoms with E-state index >= 15 is 0 Å². The number of hydrogen-bond donors (Lipinski definition) is 1. The second kappa shape index (κ2) is 8.35. The van der Waals surface area contributed by atoms with Crippen molar-refractivity contribution in [1.82, 2.24) is 14.8 Å². The minimum atomic E-state index is 0.0833. The van der Waals surface area contributed by atoms with Crippen LogP contribution < -0.4 is 5.32 Å². The number of nitrogens with one attached hydrogen (secondary N) is 1. The van der Waals surface area contributed by atoms with Gasteiger partial charge in [-0.05, 0) is 30.5 Å². The number of rotatable bonds is 6. The molecule has 2 aromatic rings. The molecule has 1 N–H and O–H groups in total. The maximum atomic E-state index is 12.7. The Morgan fingerprint density at radius 3 is 2.52 bits per heavy atom. The highest BCUT2D eigenvalue weighted by Crippen LogP contribution is 2.23. The molecule has 0 bridgehead atoms. The Balaban J connectivity index is 1.24. The summed E-state index contributed by atoms with van der Waals surface area (Å²) in [6.45, 7) is 4.25. The fourth-order valence-corrected chi connectivity index (χ4v) is 3.26. The fraction of sp³-hybridized carbons (Fsp3) is 0.364. The van der Waals surface area contributed by atoms with Gasteiger partial charge in [0.05, 0.1) is 5.56 Å². The smallest absolute Gasteiger partial charge is 0.255 e. The lowest BCUT2D eigenvalue weighted by Gasteiger charge is -2.34. The zero-order valence-electron chi connectivity index (χ0n) is 15.6. The Kier molecular flexibility index (Phi) is 5.49. The normalized spacial score (nSPS) is 18.0. The number of benzene rings is 1. The van der Waals surface area contributed by atoms with E-state index < -0.39 is 0 Å². The molecule has 1 aromatic heterocycles. The Hall–Kier alpha value is -2.66. The summed E-state index contributed by atoms with van der Waals surface area (Å²) in [7, 11) is 0. The number of piperazine rings is 1. The molecule has 1 aliphatic heterocycles. The molecule has 1 aromatic carbocycles. The summed E-state index contributed by atoms with van der Waals surface area (Å²) in [6, 6.07) is 14.7. The molecule has 0 atom stereocenters. The van der Waals surface area contributed by atoms with Gasteiger partial charge >= 0.3 is 0 Å². The van der Waals surface area contributed by atoms with E-state index in [9.17, 15) is 4.79 Å². The third-order valence-electron chi connectivity index (χ3n) is 5.07. The number of nitrogens with zero attached hydrogens (tertiary/aromatic N) is 3. The minimum Gasteiger partial charge on any atom is -0.367 e. The van der Waals surface area contributed by atoms with E-state index in [-0.39, 0.29) is 5.91 Å². The Labute approximate surface area is 160 Å². The van der Waals surface area contributed by atoms with Crippen LogP contribution in [0.3, 0.4) is 0 Å². The third kappa shape index (κ3) is 4.95. The Bertz CT molecular complexity index is 776. The summed E-state index contributed by atoms with van der Waals surface area (Å²) < 4.78 is 0. The first-order valence-corrected chi connectivity index (χ1v) is 9.74. The average Bonchev–Trinajstić information content (AvgIpc) is 3.53. The quantitative estimate of drug-likeness (QED) is 0.858. The molecule has 5 nitrogen and oxygen atoms in total. The molecule has 0 spiro atoms. The van der Waals surface area contributed by atoms with Crippen LogP contribution >= 0.6 is 0 Å². The maximum Gasteiger partial charge on any atom is 0.255 e. The van der Waals surface area contributed by atoms with Crippen molar-refractivity contribution in [2.45, 2.75) is 18.9 Å². The molecule has 1 amide bonds. The summed E-state index contributed by atoms with van der Waals surface area (Å²) in [5.41, 5.74) is 1.90. The van der Waals surface area contributed by atoms with Gasteiger partial charge in [-0.2, -0.15) is 0 Å². The van der Waals surface area contributed by atoms with Crippen LogP contribution in [0.4, 0.5) is 5.82 Å². The summed E-state index contributed by atoms with van der Waals surface area (Å²) in [5.74, 6) is 0.948. The van der Waals surface area contributed by atoms with E-state index in [2.05, 4.69) is 39.5 Å². The molecule has 1 saturated heterocycles. The lowest BCUT2D eigenvalue weighted by Crippen LogP contribution is -2.48. The number of aromatic nitrogens is 1. The highest BCUT2D eigenvalue weighted by Gasteiger charge is 2.23. The average molecular weight is 362 g/mol. The summed E-state index contributed by atoms with van der Waals surface area (Å²) in [6.07, 6.45) is 8.48. The van der Waals surface area contributed by atoms with Crippen molar-refractivity contribution in [1.29, 1.82) is 0 Å². The molecule has 1 saturated carbocycles. The predicted molar refractivity (Wildman–Crippen MR) is 109 cm³/mol. The maximum absolute atomic E-state index is 12.7. The van der Waals surface area contributed by atoms with Crippen LogP contribution in [0.2, 0.25) is 0 Å². The van der Waals surface area contributed by atoms with Crippen molar-refractivity contribution in [2.75, 3.05) is 38.0 Å². The van der Waals surface area contributed by atoms with E-state index in [0.29, 0.717) is 11.6 Å². The van der Waals surface area contributed by atoms with Crippen LogP contribution in [-0.2, 0) is 0 Å². The predicted octanol–water partition coefficient (Wildman–Crippen LogP) is 3.13. The molecule has 4 rings (SSSR count). The Morgan fingerprint density at radius 1 is 1.07 bits per heavy atom. The molecule has 2 aliphatic rings. The van der Waals surface area contributed by atoms with Crippen LogP contribution in [0.1, 0.15) is 28.8 Å². The first-order chi connectivity index (χ1) is 13.3. The van der Waals surface area contributed by atoms with Crippen molar-refractivity contribution in [3.8, 4) is 0 Å². The molecule has 140 valence electrons. The zero-order chi connectivity index (χ0) is 18.5. The van der Waals surface area contributed by atoms with Gasteiger partial charge in [-0.1, -0.05) is 42.5 Å². The van der Waals surface area contributed by atoms with Crippen molar-refractivity contribution < 1.29 is 4.79 Å². The second-order valence-electron chi connectivity index (χ2n) is 7.26. The molecule has 0 radical (unpaired) electrons. The highest BCUT2D eigenvalue weighted by atomic mass is 16.2. The number of carbonyl (C=O) groups excluding carboxylic acids is 1. The van der Waals surface area contributed by atoms with Crippen LogP contribution in [0.25, 0.3) is 6.08 Å². The summed E-state index contributed by atoms with van der Waals surface area (Å²) in [4.78, 5) is 21.4. The topological polar surface area (TPSA) is 48.5 Å². The fourth-order valence-electron chi connectivity index (χ4n) is 3.26. The first kappa shape index (κ1) is 17.7. The molecule has 27 heavy (non-hydrogen) atoms. The van der Waals surface area contributed by atoms with Gasteiger partial charge in [-0.15, -0.1) is 0 Å². The molecular formula is C22H26N4O. The summed E-state index contributed by atoms with van der Waals surface area (Å²) in [5, 5.41) is 3.35. The standard InChI is InChI=1S/C22H26N4O/c27-22(19-8-11-21(23-17-19)24-20-9-10-20)26-15-13-25(14-16-26)12-4-7-18-5-2-1-3-6-18/h1-8,11,17,20H,9-10,12-16H2,(H,23,24)/b7-4+. The van der Waals surface area contributed by atoms with E-state index in [0.717, 1.165) is 38.5 Å². The van der Waals surface area contributed by atoms with E-state index in [1.807, 2.05) is 35.2 Å². The van der Waals surface area contributed by atoms with Gasteiger partial charge in [0.1, 0.15) is 5.82 Å². The Morgan fingerprint density at radius 2 is 1.85 bits per heavy atom. The van der Waals surface area contributed by atoms with E-state index in [4.69, 9.17) is 0 Å². The molecule has 2 heterocycles. The van der Waals surface area contributed by atoms with Gasteiger partial charge in [0.15, 0.2) is 0 Å². The van der Waals surface area contributed by atoms with Crippen molar-refractivity contribution >= 4 is 17.8 Å². The van der Waals surface area contributed by atoms with Gasteiger partial charge in [0.25, 0.3) is 5.91 Å². The van der Waals surface area contributed by atoms with E-state index in [1.54, 1.807) is 6.20 Å². The molecule has 5 heteroatoms. The van der Waals surface area contributed by atoms with Crippen molar-refractivity contribution in [3.05, 3.63) is 65.9 Å². The van der Waals surface area contributed by atoms with Gasteiger partial charge < -0.3 is 10.2 Å². The van der Waals surface area contributed by atoms with Crippen LogP contribution in [0, 0.1) is 0 Å². The molecule has 1 aliphatic carbocycles. The molecular weight excluding hydrogens is 336 g/mol. The van der Waals surface area contributed by atoms with Crippen LogP contribution in [0.15, 0.2) is 54.7 Å². The van der Waals surface area contributed by atoms with Gasteiger partial charge in [-0.25, -0.2) is 4.98 Å². The number of hydrogen-bond acceptors (Lipinski definition) is 4. The minimum absolute atomic E-state index is 0.0833. The van der Waals surface area contributed by atoms with Crippen molar-refractivity contribution in [2.24, 2.45) is 0 Å². The molecule has 2 fully saturated rings. The monoisotopic (exact) mass is 362 g/mol. The van der Waals surface area contributed by atoms with Gasteiger partial charge in [0, 0.05) is 45.0 Å². The van der Waals surface area contributed by atoms with Crippen LogP contribution in [0.5, 0.6) is 0 Å². The number of amides is 1. The van der Waals surface area contributed by atoms with Crippen LogP contribution in [-0.4, -0.2) is 59.5 Å². The van der Waals surface area contributed by atoms with Gasteiger partial charge in [0.2, 0.25) is 0 Å². The van der Waals surface area contributed by atoms with E-state index in [1.165, 1.54) is 18.4 Å². The zero-order valence-corrected chi connectivity index (χ0v) is 15.6. The second-order valence-corrected chi connectivity index (χ2v) is 7.26.